The smallest absolute Gasteiger partial charge is 0.264 e. The minimum Gasteiger partial charge on any atom is -0.341 e. The highest BCUT2D eigenvalue weighted by atomic mass is 32.1. The van der Waals surface area contributed by atoms with Crippen molar-refractivity contribution in [1.82, 2.24) is 20.1 Å². The average Bonchev–Trinajstić information content (AvgIpc) is 3.74. The predicted octanol–water partition coefficient (Wildman–Crippen LogP) is 5.57. The normalized spacial score (nSPS) is 17.0. The van der Waals surface area contributed by atoms with E-state index in [0.29, 0.717) is 29.5 Å². The number of hydrogen-bond acceptors (Lipinski definition) is 7. The molecule has 8 nitrogen and oxygen atoms in total. The Bertz CT molecular complexity index is 1630. The highest BCUT2D eigenvalue weighted by Crippen LogP contribution is 2.39. The Hall–Kier alpha value is -3.60. The molecule has 2 aliphatic rings. The van der Waals surface area contributed by atoms with Crippen LogP contribution in [0.5, 0.6) is 0 Å². The van der Waals surface area contributed by atoms with E-state index >= 15 is 0 Å². The minimum atomic E-state index is -0.149. The van der Waals surface area contributed by atoms with E-state index in [0.717, 1.165) is 51.2 Å². The number of thiophene rings is 1. The van der Waals surface area contributed by atoms with Gasteiger partial charge in [0.1, 0.15) is 0 Å². The van der Waals surface area contributed by atoms with Crippen molar-refractivity contribution in [1.29, 1.82) is 0 Å². The molecule has 2 saturated heterocycles. The number of aromatic nitrogens is 1. The van der Waals surface area contributed by atoms with Crippen molar-refractivity contribution in [2.75, 3.05) is 32.0 Å². The Morgan fingerprint density at radius 2 is 1.86 bits per heavy atom. The fraction of sp³-hybridized carbons (Fsp3) is 0.375. The molecule has 2 aromatic carbocycles. The van der Waals surface area contributed by atoms with Crippen LogP contribution < -0.4 is 10.6 Å². The summed E-state index contributed by atoms with van der Waals surface area (Å²) >= 11 is 3.01. The van der Waals surface area contributed by atoms with Crippen LogP contribution in [0.1, 0.15) is 52.8 Å². The summed E-state index contributed by atoms with van der Waals surface area (Å²) in [5.41, 5.74) is 2.25. The summed E-state index contributed by atoms with van der Waals surface area (Å²) in [5, 5.41) is 10.2. The fourth-order valence-corrected chi connectivity index (χ4v) is 7.60. The number of nitrogens with one attached hydrogen (secondary N) is 2. The standard InChI is InChI=1S/C32H35N5O3S2/c1-19(2)31(39)36(3)16-20-10-11-24(23-8-5-4-7-22(20)23)27-15-34-30(42-27)21-17-37(18-21)32(40)26-12-13-28(41-26)35-29(38)25-9-6-14-33-25/h4-5,7-8,10-13,15,19,21,25,33H,6,9,14,16-18H2,1-3H3,(H,35,38)/t25-/m0/s1. The number of rotatable bonds is 8. The van der Waals surface area contributed by atoms with E-state index in [-0.39, 0.29) is 35.6 Å². The topological polar surface area (TPSA) is 94.6 Å². The number of carbonyl (C=O) groups is 3. The maximum atomic E-state index is 13.1. The van der Waals surface area contributed by atoms with Gasteiger partial charge in [0, 0.05) is 50.3 Å². The van der Waals surface area contributed by atoms with E-state index in [1.54, 1.807) is 22.3 Å². The second kappa shape index (κ2) is 11.9. The zero-order valence-electron chi connectivity index (χ0n) is 24.1. The van der Waals surface area contributed by atoms with Crippen molar-refractivity contribution in [3.8, 4) is 10.4 Å². The monoisotopic (exact) mass is 601 g/mol. The van der Waals surface area contributed by atoms with Crippen LogP contribution in [0.3, 0.4) is 0 Å². The van der Waals surface area contributed by atoms with Crippen molar-refractivity contribution < 1.29 is 14.4 Å². The second-order valence-electron chi connectivity index (χ2n) is 11.4. The van der Waals surface area contributed by atoms with Gasteiger partial charge in [-0.3, -0.25) is 14.4 Å². The summed E-state index contributed by atoms with van der Waals surface area (Å²) in [5.74, 6) is 0.263. The molecule has 218 valence electrons. The van der Waals surface area contributed by atoms with Crippen LogP contribution in [0.15, 0.2) is 54.7 Å². The first-order valence-electron chi connectivity index (χ1n) is 14.4. The van der Waals surface area contributed by atoms with Crippen molar-refractivity contribution in [3.05, 3.63) is 70.2 Å². The third-order valence-corrected chi connectivity index (χ3v) is 10.2. The van der Waals surface area contributed by atoms with Crippen molar-refractivity contribution in [3.63, 3.8) is 0 Å². The van der Waals surface area contributed by atoms with Gasteiger partial charge in [0.25, 0.3) is 5.91 Å². The molecule has 0 unspecified atom stereocenters. The summed E-state index contributed by atoms with van der Waals surface area (Å²) < 4.78 is 0. The lowest BCUT2D eigenvalue weighted by Gasteiger charge is -2.37. The Morgan fingerprint density at radius 3 is 2.60 bits per heavy atom. The number of likely N-dealkylation sites (tertiary alicyclic amines) is 1. The highest BCUT2D eigenvalue weighted by molar-refractivity contribution is 7.18. The van der Waals surface area contributed by atoms with Gasteiger partial charge >= 0.3 is 0 Å². The Labute approximate surface area is 253 Å². The first kappa shape index (κ1) is 28.5. The van der Waals surface area contributed by atoms with Crippen molar-refractivity contribution in [2.24, 2.45) is 5.92 Å². The number of nitrogens with zero attached hydrogens (tertiary/aromatic N) is 3. The third-order valence-electron chi connectivity index (χ3n) is 8.04. The SMILES string of the molecule is CC(C)C(=O)N(C)Cc1ccc(-c2cnc(C3CN(C(=O)c4ccc(NC(=O)[C@@H]5CCCN5)s4)C3)s2)c2ccccc12. The van der Waals surface area contributed by atoms with E-state index in [4.69, 9.17) is 4.98 Å². The number of hydrogen-bond donors (Lipinski definition) is 2. The summed E-state index contributed by atoms with van der Waals surface area (Å²) in [6, 6.07) is 16.0. The molecule has 42 heavy (non-hydrogen) atoms. The molecule has 6 rings (SSSR count). The highest BCUT2D eigenvalue weighted by Gasteiger charge is 2.35. The van der Waals surface area contributed by atoms with Crippen LogP contribution in [-0.2, 0) is 16.1 Å². The van der Waals surface area contributed by atoms with E-state index in [9.17, 15) is 14.4 Å². The number of amides is 3. The second-order valence-corrected chi connectivity index (χ2v) is 13.6. The molecule has 0 radical (unpaired) electrons. The molecule has 2 aliphatic heterocycles. The molecule has 10 heteroatoms. The maximum absolute atomic E-state index is 13.1. The van der Waals surface area contributed by atoms with E-state index < -0.39 is 0 Å². The molecule has 2 N–H and O–H groups in total. The molecule has 3 amide bonds. The molecule has 2 aromatic heterocycles. The lowest BCUT2D eigenvalue weighted by atomic mass is 9.98. The Morgan fingerprint density at radius 1 is 1.07 bits per heavy atom. The number of anilines is 1. The minimum absolute atomic E-state index is 0.00461. The number of benzene rings is 2. The molecule has 4 heterocycles. The van der Waals surface area contributed by atoms with Crippen LogP contribution in [0.2, 0.25) is 0 Å². The predicted molar refractivity (Wildman–Crippen MR) is 169 cm³/mol. The molecule has 1 atom stereocenters. The van der Waals surface area contributed by atoms with Gasteiger partial charge in [-0.1, -0.05) is 50.2 Å². The lowest BCUT2D eigenvalue weighted by Crippen LogP contribution is -2.48. The number of fused-ring (bicyclic) bond motifs is 1. The van der Waals surface area contributed by atoms with Crippen LogP contribution in [0.25, 0.3) is 21.2 Å². The summed E-state index contributed by atoms with van der Waals surface area (Å²) in [4.78, 5) is 48.1. The van der Waals surface area contributed by atoms with Gasteiger partial charge in [0.15, 0.2) is 0 Å². The Balaban J connectivity index is 1.11. The van der Waals surface area contributed by atoms with Crippen LogP contribution in [-0.4, -0.2) is 65.2 Å². The lowest BCUT2D eigenvalue weighted by molar-refractivity contribution is -0.133. The first-order chi connectivity index (χ1) is 20.3. The van der Waals surface area contributed by atoms with Gasteiger partial charge < -0.3 is 20.4 Å². The first-order valence-corrected chi connectivity index (χ1v) is 16.1. The van der Waals surface area contributed by atoms with Crippen LogP contribution in [0.4, 0.5) is 5.00 Å². The molecule has 0 saturated carbocycles. The summed E-state index contributed by atoms with van der Waals surface area (Å²) in [6.07, 6.45) is 3.79. The van der Waals surface area contributed by atoms with Gasteiger partial charge in [0.2, 0.25) is 11.8 Å². The zero-order valence-corrected chi connectivity index (χ0v) is 25.7. The number of carbonyl (C=O) groups excluding carboxylic acids is 3. The molecule has 0 aliphatic carbocycles. The number of thiazole rings is 1. The van der Waals surface area contributed by atoms with E-state index in [1.807, 2.05) is 50.2 Å². The van der Waals surface area contributed by atoms with Crippen molar-refractivity contribution in [2.45, 2.75) is 45.2 Å². The molecule has 0 bridgehead atoms. The molecule has 2 fully saturated rings. The zero-order chi connectivity index (χ0) is 29.4. The molecule has 0 spiro atoms. The van der Waals surface area contributed by atoms with Gasteiger partial charge in [-0.05, 0) is 47.9 Å². The van der Waals surface area contributed by atoms with Crippen molar-refractivity contribution >= 4 is 56.2 Å². The summed E-state index contributed by atoms with van der Waals surface area (Å²) in [7, 11) is 1.86. The average molecular weight is 602 g/mol. The van der Waals surface area contributed by atoms with Gasteiger partial charge in [0.05, 0.1) is 25.8 Å². The fourth-order valence-electron chi connectivity index (χ4n) is 5.68. The van der Waals surface area contributed by atoms with Gasteiger partial charge in [-0.2, -0.15) is 0 Å². The maximum Gasteiger partial charge on any atom is 0.264 e. The quantitative estimate of drug-likeness (QED) is 0.276. The third kappa shape index (κ3) is 5.71. The van der Waals surface area contributed by atoms with Crippen LogP contribution in [0, 0.1) is 5.92 Å². The van der Waals surface area contributed by atoms with Gasteiger partial charge in [-0.15, -0.1) is 22.7 Å². The van der Waals surface area contributed by atoms with E-state index in [1.165, 1.54) is 11.3 Å². The molecular weight excluding hydrogens is 567 g/mol. The largest absolute Gasteiger partial charge is 0.341 e. The van der Waals surface area contributed by atoms with E-state index in [2.05, 4.69) is 34.9 Å². The molecular formula is C32H35N5O3S2. The van der Waals surface area contributed by atoms with Crippen LogP contribution >= 0.6 is 22.7 Å². The molecule has 4 aromatic rings. The van der Waals surface area contributed by atoms with Gasteiger partial charge in [-0.25, -0.2) is 4.98 Å². The Kier molecular flexibility index (Phi) is 8.11. The summed E-state index contributed by atoms with van der Waals surface area (Å²) in [6.45, 7) is 6.54.